The Morgan fingerprint density at radius 2 is 1.96 bits per heavy atom. The minimum absolute atomic E-state index is 0.0785. The molecule has 1 aliphatic carbocycles. The molecule has 0 aliphatic heterocycles. The van der Waals surface area contributed by atoms with Gasteiger partial charge < -0.3 is 10.1 Å². The number of carbonyl (C=O) groups excluding carboxylic acids is 2. The van der Waals surface area contributed by atoms with Crippen molar-refractivity contribution >= 4 is 45.1 Å². The topological polar surface area (TPSA) is 79.5 Å². The summed E-state index contributed by atoms with van der Waals surface area (Å²) in [6.45, 7) is 1.90. The van der Waals surface area contributed by atoms with Crippen LogP contribution in [0.25, 0.3) is 0 Å². The maximum atomic E-state index is 11.9. The lowest BCUT2D eigenvalue weighted by atomic mass is 10.0. The lowest BCUT2D eigenvalue weighted by molar-refractivity contribution is -0.124. The third-order valence-electron chi connectivity index (χ3n) is 4.28. The number of rotatable bonds is 6. The van der Waals surface area contributed by atoms with Crippen molar-refractivity contribution in [1.82, 2.24) is 16.2 Å². The molecule has 2 rings (SSSR count). The van der Waals surface area contributed by atoms with E-state index in [1.807, 2.05) is 18.2 Å². The highest BCUT2D eigenvalue weighted by Gasteiger charge is 2.18. The molecule has 26 heavy (non-hydrogen) atoms. The van der Waals surface area contributed by atoms with Gasteiger partial charge in [0, 0.05) is 6.42 Å². The second-order valence-corrected chi connectivity index (χ2v) is 7.57. The summed E-state index contributed by atoms with van der Waals surface area (Å²) in [6.07, 6.45) is 5.96. The molecule has 8 heteroatoms. The normalized spacial score (nSPS) is 13.9. The molecule has 0 saturated heterocycles. The molecular weight excluding hydrogens is 418 g/mol. The van der Waals surface area contributed by atoms with Crippen molar-refractivity contribution in [3.05, 3.63) is 28.2 Å². The molecule has 0 atom stereocenters. The first-order valence-corrected chi connectivity index (χ1v) is 9.98. The van der Waals surface area contributed by atoms with Crippen LogP contribution < -0.4 is 20.9 Å². The second kappa shape index (κ2) is 10.5. The number of carbonyl (C=O) groups is 2. The monoisotopic (exact) mass is 441 g/mol. The molecule has 0 spiro atoms. The zero-order valence-corrected chi connectivity index (χ0v) is 17.2. The molecule has 1 aromatic rings. The van der Waals surface area contributed by atoms with E-state index in [1.54, 1.807) is 0 Å². The van der Waals surface area contributed by atoms with Crippen LogP contribution in [-0.2, 0) is 16.0 Å². The first kappa shape index (κ1) is 20.6. The highest BCUT2D eigenvalue weighted by Crippen LogP contribution is 2.27. The molecule has 1 saturated carbocycles. The summed E-state index contributed by atoms with van der Waals surface area (Å²) in [6, 6.07) is 5.73. The van der Waals surface area contributed by atoms with Gasteiger partial charge in [0.15, 0.2) is 11.7 Å². The Morgan fingerprint density at radius 1 is 1.23 bits per heavy atom. The number of hydrogen-bond donors (Lipinski definition) is 3. The Labute approximate surface area is 167 Å². The van der Waals surface area contributed by atoms with Crippen LogP contribution in [-0.4, -0.2) is 23.5 Å². The molecule has 0 radical (unpaired) electrons. The van der Waals surface area contributed by atoms with Gasteiger partial charge >= 0.3 is 0 Å². The molecule has 142 valence electrons. The van der Waals surface area contributed by atoms with Crippen LogP contribution in [0.5, 0.6) is 5.75 Å². The summed E-state index contributed by atoms with van der Waals surface area (Å²) in [7, 11) is 0. The van der Waals surface area contributed by atoms with Crippen molar-refractivity contribution in [2.75, 3.05) is 6.61 Å². The van der Waals surface area contributed by atoms with Gasteiger partial charge in [-0.05, 0) is 71.0 Å². The molecule has 1 aliphatic rings. The minimum Gasteiger partial charge on any atom is -0.483 e. The fraction of sp³-hybridized carbons (Fsp3) is 0.500. The molecule has 0 bridgehead atoms. The van der Waals surface area contributed by atoms with Crippen molar-refractivity contribution in [2.24, 2.45) is 5.92 Å². The van der Waals surface area contributed by atoms with Gasteiger partial charge in [0.2, 0.25) is 5.91 Å². The van der Waals surface area contributed by atoms with E-state index >= 15 is 0 Å². The van der Waals surface area contributed by atoms with Gasteiger partial charge in [-0.25, -0.2) is 0 Å². The molecule has 0 heterocycles. The third kappa shape index (κ3) is 6.92. The van der Waals surface area contributed by atoms with Gasteiger partial charge in [-0.1, -0.05) is 25.8 Å². The van der Waals surface area contributed by atoms with E-state index in [-0.39, 0.29) is 17.6 Å². The Morgan fingerprint density at radius 3 is 2.62 bits per heavy atom. The van der Waals surface area contributed by atoms with Crippen LogP contribution >= 0.6 is 28.1 Å². The summed E-state index contributed by atoms with van der Waals surface area (Å²) < 4.78 is 6.27. The predicted octanol–water partition coefficient (Wildman–Crippen LogP) is 2.99. The van der Waals surface area contributed by atoms with Crippen LogP contribution in [0.15, 0.2) is 22.7 Å². The fourth-order valence-corrected chi connectivity index (χ4v) is 3.58. The van der Waals surface area contributed by atoms with Crippen molar-refractivity contribution in [3.8, 4) is 5.75 Å². The Hall–Kier alpha value is -1.67. The summed E-state index contributed by atoms with van der Waals surface area (Å²) in [5, 5.41) is 2.65. The van der Waals surface area contributed by atoms with Crippen LogP contribution in [0.2, 0.25) is 0 Å². The highest BCUT2D eigenvalue weighted by molar-refractivity contribution is 9.10. The number of hydrogen-bond acceptors (Lipinski definition) is 4. The van der Waals surface area contributed by atoms with Gasteiger partial charge in [-0.15, -0.1) is 0 Å². The maximum Gasteiger partial charge on any atom is 0.276 e. The quantitative estimate of drug-likeness (QED) is 0.467. The van der Waals surface area contributed by atoms with E-state index in [1.165, 1.54) is 18.4 Å². The lowest BCUT2D eigenvalue weighted by Crippen LogP contribution is -2.49. The SMILES string of the molecule is CCc1ccc(OCC(=O)NNC(=S)NC(=O)CC2CCCC2)c(Br)c1. The number of amides is 2. The fourth-order valence-electron chi connectivity index (χ4n) is 2.87. The first-order valence-electron chi connectivity index (χ1n) is 8.77. The van der Waals surface area contributed by atoms with Gasteiger partial charge in [0.1, 0.15) is 5.75 Å². The van der Waals surface area contributed by atoms with Crippen LogP contribution in [0.1, 0.15) is 44.6 Å². The summed E-state index contributed by atoms with van der Waals surface area (Å²) in [5.41, 5.74) is 6.10. The van der Waals surface area contributed by atoms with Crippen molar-refractivity contribution < 1.29 is 14.3 Å². The number of ether oxygens (including phenoxy) is 1. The van der Waals surface area contributed by atoms with Gasteiger partial charge in [-0.3, -0.25) is 20.4 Å². The summed E-state index contributed by atoms with van der Waals surface area (Å²) in [4.78, 5) is 23.7. The molecule has 1 aromatic carbocycles. The largest absolute Gasteiger partial charge is 0.483 e. The van der Waals surface area contributed by atoms with Crippen LogP contribution in [0.3, 0.4) is 0 Å². The highest BCUT2D eigenvalue weighted by atomic mass is 79.9. The average Bonchev–Trinajstić information content (AvgIpc) is 3.11. The Balaban J connectivity index is 1.66. The smallest absolute Gasteiger partial charge is 0.276 e. The molecule has 6 nitrogen and oxygen atoms in total. The Bertz CT molecular complexity index is 663. The van der Waals surface area contributed by atoms with E-state index in [2.05, 4.69) is 39.0 Å². The molecule has 0 unspecified atom stereocenters. The number of benzene rings is 1. The third-order valence-corrected chi connectivity index (χ3v) is 5.10. The van der Waals surface area contributed by atoms with Crippen LogP contribution in [0.4, 0.5) is 0 Å². The summed E-state index contributed by atoms with van der Waals surface area (Å²) >= 11 is 8.43. The molecular formula is C18H24BrN3O3S. The average molecular weight is 442 g/mol. The molecule has 3 N–H and O–H groups in total. The summed E-state index contributed by atoms with van der Waals surface area (Å²) in [5.74, 6) is 0.506. The molecule has 2 amide bonds. The zero-order valence-electron chi connectivity index (χ0n) is 14.8. The van der Waals surface area contributed by atoms with Crippen molar-refractivity contribution in [1.29, 1.82) is 0 Å². The number of aryl methyl sites for hydroxylation is 1. The van der Waals surface area contributed by atoms with Crippen molar-refractivity contribution in [2.45, 2.75) is 45.4 Å². The van der Waals surface area contributed by atoms with Gasteiger partial charge in [0.05, 0.1) is 4.47 Å². The second-order valence-electron chi connectivity index (χ2n) is 6.31. The van der Waals surface area contributed by atoms with E-state index in [0.717, 1.165) is 23.7 Å². The van der Waals surface area contributed by atoms with E-state index in [9.17, 15) is 9.59 Å². The Kier molecular flexibility index (Phi) is 8.31. The standard InChI is InChI=1S/C18H24BrN3O3S/c1-2-12-7-8-15(14(19)9-12)25-11-17(24)21-22-18(26)20-16(23)10-13-5-3-4-6-13/h7-9,13H,2-6,10-11H2,1H3,(H,21,24)(H2,20,22,23,26). The number of hydrazine groups is 1. The number of thiocarbonyl (C=S) groups is 1. The predicted molar refractivity (Wildman–Crippen MR) is 108 cm³/mol. The molecule has 0 aromatic heterocycles. The van der Waals surface area contributed by atoms with E-state index < -0.39 is 5.91 Å². The lowest BCUT2D eigenvalue weighted by Gasteiger charge is -2.13. The molecule has 1 fully saturated rings. The minimum atomic E-state index is -0.399. The zero-order chi connectivity index (χ0) is 18.9. The number of nitrogens with one attached hydrogen (secondary N) is 3. The number of halogens is 1. The van der Waals surface area contributed by atoms with Crippen molar-refractivity contribution in [3.63, 3.8) is 0 Å². The van der Waals surface area contributed by atoms with E-state index in [0.29, 0.717) is 18.1 Å². The first-order chi connectivity index (χ1) is 12.5. The van der Waals surface area contributed by atoms with E-state index in [4.69, 9.17) is 17.0 Å². The maximum absolute atomic E-state index is 11.9. The van der Waals surface area contributed by atoms with Gasteiger partial charge in [-0.2, -0.15) is 0 Å². The van der Waals surface area contributed by atoms with Crippen LogP contribution in [0, 0.1) is 5.92 Å². The van der Waals surface area contributed by atoms with Gasteiger partial charge in [0.25, 0.3) is 5.91 Å².